The van der Waals surface area contributed by atoms with Crippen molar-refractivity contribution in [1.29, 1.82) is 0 Å². The summed E-state index contributed by atoms with van der Waals surface area (Å²) >= 11 is 0. The number of hydrogen-bond acceptors (Lipinski definition) is 7. The molecule has 0 fully saturated rings. The Bertz CT molecular complexity index is 655. The van der Waals surface area contributed by atoms with Crippen LogP contribution in [0, 0.1) is 0 Å². The molecule has 0 atom stereocenters. The molecule has 156 valence electrons. The smallest absolute Gasteiger partial charge is 0.203 e. The van der Waals surface area contributed by atoms with E-state index in [1.54, 1.807) is 42.7 Å². The molecule has 8 heteroatoms. The van der Waals surface area contributed by atoms with Crippen LogP contribution in [0.3, 0.4) is 0 Å². The van der Waals surface area contributed by atoms with E-state index in [9.17, 15) is 0 Å². The zero-order valence-corrected chi connectivity index (χ0v) is 17.9. The van der Waals surface area contributed by atoms with E-state index >= 15 is 0 Å². The van der Waals surface area contributed by atoms with Gasteiger partial charge in [0, 0.05) is 13.1 Å². The van der Waals surface area contributed by atoms with Gasteiger partial charge in [0.05, 0.1) is 42.7 Å². The Morgan fingerprint density at radius 1 is 0.536 bits per heavy atom. The molecule has 28 heavy (non-hydrogen) atoms. The number of benzene rings is 2. The third-order valence-corrected chi connectivity index (χ3v) is 4.11. The first kappa shape index (κ1) is 23.5. The normalized spacial score (nSPS) is 9.93. The predicted molar refractivity (Wildman–Crippen MR) is 110 cm³/mol. The second kappa shape index (κ2) is 11.4. The average Bonchev–Trinajstić information content (AvgIpc) is 2.71. The Morgan fingerprint density at radius 2 is 0.821 bits per heavy atom. The van der Waals surface area contributed by atoms with Gasteiger partial charge in [-0.3, -0.25) is 0 Å². The van der Waals surface area contributed by atoms with E-state index < -0.39 is 0 Å². The molecule has 0 spiro atoms. The van der Waals surface area contributed by atoms with Crippen LogP contribution in [0.5, 0.6) is 34.5 Å². The molecule has 0 saturated carbocycles. The number of rotatable bonds is 10. The molecule has 0 saturated heterocycles. The molecule has 0 aromatic heterocycles. The van der Waals surface area contributed by atoms with E-state index in [2.05, 4.69) is 5.32 Å². The molecule has 2 aromatic carbocycles. The first-order chi connectivity index (χ1) is 13.1. The van der Waals surface area contributed by atoms with Crippen molar-refractivity contribution in [1.82, 2.24) is 5.32 Å². The number of halogens is 1. The van der Waals surface area contributed by atoms with Crippen molar-refractivity contribution in [3.63, 3.8) is 0 Å². The minimum atomic E-state index is 0. The van der Waals surface area contributed by atoms with Crippen molar-refractivity contribution in [2.24, 2.45) is 0 Å². The Hall–Kier alpha value is -2.51. The maximum Gasteiger partial charge on any atom is 0.203 e. The van der Waals surface area contributed by atoms with Crippen molar-refractivity contribution in [3.8, 4) is 34.5 Å². The highest BCUT2D eigenvalue weighted by molar-refractivity contribution is 5.85. The standard InChI is InChI=1S/C20H27NO6.ClH/c1-22-15-7-13(8-16(23-2)19(15)26-5)11-21-12-14-9-17(24-3)20(27-6)18(10-14)25-4;/h7-10,21H,11-12H2,1-6H3;1H. The molecule has 2 rings (SSSR count). The van der Waals surface area contributed by atoms with Crippen LogP contribution in [-0.4, -0.2) is 42.7 Å². The van der Waals surface area contributed by atoms with Crippen molar-refractivity contribution >= 4 is 12.4 Å². The summed E-state index contributed by atoms with van der Waals surface area (Å²) in [5.74, 6) is 3.66. The van der Waals surface area contributed by atoms with Gasteiger partial charge in [-0.25, -0.2) is 0 Å². The first-order valence-electron chi connectivity index (χ1n) is 8.40. The van der Waals surface area contributed by atoms with Crippen molar-refractivity contribution in [3.05, 3.63) is 35.4 Å². The number of ether oxygens (including phenoxy) is 6. The van der Waals surface area contributed by atoms with E-state index in [4.69, 9.17) is 28.4 Å². The predicted octanol–water partition coefficient (Wildman–Crippen LogP) is 3.45. The lowest BCUT2D eigenvalue weighted by molar-refractivity contribution is 0.323. The number of nitrogens with one attached hydrogen (secondary N) is 1. The lowest BCUT2D eigenvalue weighted by Crippen LogP contribution is -2.13. The van der Waals surface area contributed by atoms with E-state index in [0.29, 0.717) is 47.6 Å². The van der Waals surface area contributed by atoms with Crippen molar-refractivity contribution in [2.75, 3.05) is 42.7 Å². The molecule has 0 bridgehead atoms. The van der Waals surface area contributed by atoms with E-state index in [-0.39, 0.29) is 12.4 Å². The minimum Gasteiger partial charge on any atom is -0.493 e. The van der Waals surface area contributed by atoms with E-state index in [1.165, 1.54) is 0 Å². The summed E-state index contributed by atoms with van der Waals surface area (Å²) in [6.45, 7) is 1.24. The highest BCUT2D eigenvalue weighted by Gasteiger charge is 2.14. The number of methoxy groups -OCH3 is 6. The topological polar surface area (TPSA) is 67.4 Å². The molecule has 1 N–H and O–H groups in total. The van der Waals surface area contributed by atoms with Gasteiger partial charge in [0.2, 0.25) is 11.5 Å². The van der Waals surface area contributed by atoms with Gasteiger partial charge in [-0.1, -0.05) is 0 Å². The summed E-state index contributed by atoms with van der Waals surface area (Å²) in [6.07, 6.45) is 0. The van der Waals surface area contributed by atoms with Gasteiger partial charge in [0.25, 0.3) is 0 Å². The fourth-order valence-corrected chi connectivity index (χ4v) is 2.83. The highest BCUT2D eigenvalue weighted by Crippen LogP contribution is 2.39. The summed E-state index contributed by atoms with van der Waals surface area (Å²) in [5, 5.41) is 3.39. The van der Waals surface area contributed by atoms with Crippen LogP contribution in [0.4, 0.5) is 0 Å². The minimum absolute atomic E-state index is 0. The number of hydrogen-bond donors (Lipinski definition) is 1. The Morgan fingerprint density at radius 3 is 1.04 bits per heavy atom. The van der Waals surface area contributed by atoms with Crippen LogP contribution in [0.25, 0.3) is 0 Å². The Kier molecular flexibility index (Phi) is 9.55. The van der Waals surface area contributed by atoms with Crippen LogP contribution in [0.1, 0.15) is 11.1 Å². The molecule has 0 aliphatic carbocycles. The van der Waals surface area contributed by atoms with Gasteiger partial charge in [-0.05, 0) is 35.4 Å². The first-order valence-corrected chi connectivity index (χ1v) is 8.40. The molecule has 0 amide bonds. The second-order valence-corrected chi connectivity index (χ2v) is 5.67. The summed E-state index contributed by atoms with van der Waals surface area (Å²) in [4.78, 5) is 0. The fraction of sp³-hybridized carbons (Fsp3) is 0.400. The molecule has 0 unspecified atom stereocenters. The van der Waals surface area contributed by atoms with Gasteiger partial charge < -0.3 is 33.7 Å². The van der Waals surface area contributed by atoms with Crippen LogP contribution in [0.2, 0.25) is 0 Å². The largest absolute Gasteiger partial charge is 0.493 e. The summed E-state index contributed by atoms with van der Waals surface area (Å²) < 4.78 is 32.3. The Balaban J connectivity index is 0.00000392. The monoisotopic (exact) mass is 413 g/mol. The quantitative estimate of drug-likeness (QED) is 0.639. The SMILES string of the molecule is COc1cc(CNCc2cc(OC)c(OC)c(OC)c2)cc(OC)c1OC.Cl. The lowest BCUT2D eigenvalue weighted by atomic mass is 10.1. The average molecular weight is 414 g/mol. The molecule has 7 nitrogen and oxygen atoms in total. The van der Waals surface area contributed by atoms with Crippen LogP contribution in [-0.2, 0) is 13.1 Å². The molecule has 0 radical (unpaired) electrons. The third-order valence-electron chi connectivity index (χ3n) is 4.11. The lowest BCUT2D eigenvalue weighted by Gasteiger charge is -2.16. The third kappa shape index (κ3) is 5.27. The molecular formula is C20H28ClNO6. The summed E-state index contributed by atoms with van der Waals surface area (Å²) in [6, 6.07) is 7.68. The molecule has 0 heterocycles. The van der Waals surface area contributed by atoms with E-state index in [0.717, 1.165) is 11.1 Å². The molecule has 0 aliphatic rings. The van der Waals surface area contributed by atoms with Gasteiger partial charge in [-0.2, -0.15) is 0 Å². The molecule has 0 aliphatic heterocycles. The summed E-state index contributed by atoms with van der Waals surface area (Å²) in [7, 11) is 9.58. The maximum absolute atomic E-state index is 5.39. The van der Waals surface area contributed by atoms with Gasteiger partial charge in [-0.15, -0.1) is 12.4 Å². The summed E-state index contributed by atoms with van der Waals surface area (Å²) in [5.41, 5.74) is 2.02. The molecular weight excluding hydrogens is 386 g/mol. The van der Waals surface area contributed by atoms with Gasteiger partial charge >= 0.3 is 0 Å². The van der Waals surface area contributed by atoms with Crippen molar-refractivity contribution in [2.45, 2.75) is 13.1 Å². The van der Waals surface area contributed by atoms with Crippen LogP contribution in [0.15, 0.2) is 24.3 Å². The Labute approximate surface area is 172 Å². The van der Waals surface area contributed by atoms with Crippen molar-refractivity contribution < 1.29 is 28.4 Å². The van der Waals surface area contributed by atoms with Crippen LogP contribution < -0.4 is 33.7 Å². The zero-order valence-electron chi connectivity index (χ0n) is 17.1. The highest BCUT2D eigenvalue weighted by atomic mass is 35.5. The second-order valence-electron chi connectivity index (χ2n) is 5.67. The van der Waals surface area contributed by atoms with Crippen LogP contribution >= 0.6 is 12.4 Å². The fourth-order valence-electron chi connectivity index (χ4n) is 2.83. The van der Waals surface area contributed by atoms with Gasteiger partial charge in [0.15, 0.2) is 23.0 Å². The maximum atomic E-state index is 5.39. The molecule has 2 aromatic rings. The van der Waals surface area contributed by atoms with E-state index in [1.807, 2.05) is 24.3 Å². The zero-order chi connectivity index (χ0) is 19.8. The van der Waals surface area contributed by atoms with Gasteiger partial charge in [0.1, 0.15) is 0 Å².